The van der Waals surface area contributed by atoms with Gasteiger partial charge in [0, 0.05) is 37.6 Å². The van der Waals surface area contributed by atoms with Gasteiger partial charge in [-0.05, 0) is 30.4 Å². The zero-order chi connectivity index (χ0) is 27.7. The third-order valence-corrected chi connectivity index (χ3v) is 8.70. The van der Waals surface area contributed by atoms with Gasteiger partial charge in [0.2, 0.25) is 21.8 Å². The molecule has 38 heavy (non-hydrogen) atoms. The SMILES string of the molecule is Cc1onc(NS(=O)(=O)C2(CN(C)C(=O)CC(C)(C)C)CC(c3ncco3)=CC=C2c2ccccc2)c1C. The van der Waals surface area contributed by atoms with Crippen LogP contribution in [0.1, 0.15) is 56.4 Å². The lowest BCUT2D eigenvalue weighted by atomic mass is 9.81. The van der Waals surface area contributed by atoms with Gasteiger partial charge in [-0.2, -0.15) is 0 Å². The quantitative estimate of drug-likeness (QED) is 0.417. The van der Waals surface area contributed by atoms with Crippen LogP contribution in [0.25, 0.3) is 11.1 Å². The summed E-state index contributed by atoms with van der Waals surface area (Å²) in [6.45, 7) is 9.27. The van der Waals surface area contributed by atoms with Gasteiger partial charge in [-0.3, -0.25) is 9.52 Å². The van der Waals surface area contributed by atoms with Gasteiger partial charge >= 0.3 is 0 Å². The van der Waals surface area contributed by atoms with Crippen LogP contribution in [0, 0.1) is 19.3 Å². The summed E-state index contributed by atoms with van der Waals surface area (Å²) >= 11 is 0. The van der Waals surface area contributed by atoms with E-state index in [1.54, 1.807) is 27.0 Å². The monoisotopic (exact) mass is 538 g/mol. The smallest absolute Gasteiger partial charge is 0.246 e. The van der Waals surface area contributed by atoms with Gasteiger partial charge in [-0.15, -0.1) is 0 Å². The Balaban J connectivity index is 1.89. The number of carbonyl (C=O) groups is 1. The molecule has 0 bridgehead atoms. The zero-order valence-corrected chi connectivity index (χ0v) is 23.4. The lowest BCUT2D eigenvalue weighted by molar-refractivity contribution is -0.131. The Hall–Kier alpha value is -3.66. The number of nitrogens with zero attached hydrogens (tertiary/aromatic N) is 3. The minimum Gasteiger partial charge on any atom is -0.445 e. The highest BCUT2D eigenvalue weighted by Crippen LogP contribution is 2.46. The number of aryl methyl sites for hydroxylation is 1. The fourth-order valence-electron chi connectivity index (χ4n) is 4.57. The van der Waals surface area contributed by atoms with Gasteiger partial charge in [-0.1, -0.05) is 68.4 Å². The molecule has 3 aromatic rings. The van der Waals surface area contributed by atoms with Crippen LogP contribution in [-0.2, 0) is 14.8 Å². The van der Waals surface area contributed by atoms with Gasteiger partial charge in [0.25, 0.3) is 0 Å². The minimum atomic E-state index is -4.25. The zero-order valence-electron chi connectivity index (χ0n) is 22.6. The number of anilines is 1. The summed E-state index contributed by atoms with van der Waals surface area (Å²) in [4.78, 5) is 19.1. The van der Waals surface area contributed by atoms with E-state index in [1.165, 1.54) is 17.4 Å². The van der Waals surface area contributed by atoms with Crippen LogP contribution < -0.4 is 4.72 Å². The fraction of sp³-hybridized carbons (Fsp3) is 0.393. The lowest BCUT2D eigenvalue weighted by Gasteiger charge is -2.41. The number of hydrogen-bond acceptors (Lipinski definition) is 7. The Bertz CT molecular complexity index is 1460. The first-order chi connectivity index (χ1) is 17.8. The topological polar surface area (TPSA) is 119 Å². The maximum Gasteiger partial charge on any atom is 0.246 e. The van der Waals surface area contributed by atoms with Gasteiger partial charge in [0.05, 0.1) is 6.20 Å². The number of aromatic nitrogens is 2. The van der Waals surface area contributed by atoms with E-state index in [0.717, 1.165) is 5.56 Å². The second-order valence-electron chi connectivity index (χ2n) is 11.0. The number of allylic oxidation sites excluding steroid dienone is 3. The summed E-state index contributed by atoms with van der Waals surface area (Å²) in [5.41, 5.74) is 2.20. The highest BCUT2D eigenvalue weighted by Gasteiger charge is 2.51. The van der Waals surface area contributed by atoms with Crippen LogP contribution in [0.4, 0.5) is 5.82 Å². The van der Waals surface area contributed by atoms with E-state index >= 15 is 0 Å². The van der Waals surface area contributed by atoms with Crippen LogP contribution in [0.3, 0.4) is 0 Å². The molecule has 2 aromatic heterocycles. The van der Waals surface area contributed by atoms with Gasteiger partial charge in [-0.25, -0.2) is 13.4 Å². The number of oxazole rings is 1. The minimum absolute atomic E-state index is 0.0204. The van der Waals surface area contributed by atoms with E-state index in [2.05, 4.69) is 14.9 Å². The largest absolute Gasteiger partial charge is 0.445 e. The molecular weight excluding hydrogens is 504 g/mol. The molecule has 0 saturated heterocycles. The third-order valence-electron chi connectivity index (χ3n) is 6.71. The van der Waals surface area contributed by atoms with E-state index < -0.39 is 14.8 Å². The number of rotatable bonds is 8. The molecule has 0 radical (unpaired) electrons. The number of amides is 1. The number of carbonyl (C=O) groups excluding carboxylic acids is 1. The van der Waals surface area contributed by atoms with E-state index in [-0.39, 0.29) is 36.5 Å². The molecule has 0 aliphatic heterocycles. The second-order valence-corrected chi connectivity index (χ2v) is 12.9. The molecule has 0 spiro atoms. The van der Waals surface area contributed by atoms with Crippen molar-refractivity contribution in [2.75, 3.05) is 18.3 Å². The van der Waals surface area contributed by atoms with Crippen molar-refractivity contribution in [3.63, 3.8) is 0 Å². The number of sulfonamides is 1. The lowest BCUT2D eigenvalue weighted by Crippen LogP contribution is -2.53. The summed E-state index contributed by atoms with van der Waals surface area (Å²) in [5, 5.41) is 3.95. The highest BCUT2D eigenvalue weighted by atomic mass is 32.2. The van der Waals surface area contributed by atoms with E-state index in [1.807, 2.05) is 57.2 Å². The van der Waals surface area contributed by atoms with Crippen molar-refractivity contribution in [1.82, 2.24) is 15.0 Å². The van der Waals surface area contributed by atoms with Crippen molar-refractivity contribution in [3.05, 3.63) is 77.7 Å². The third kappa shape index (κ3) is 5.45. The molecule has 2 heterocycles. The van der Waals surface area contributed by atoms with Crippen molar-refractivity contribution >= 4 is 32.9 Å². The van der Waals surface area contributed by atoms with E-state index in [0.29, 0.717) is 28.4 Å². The molecule has 10 heteroatoms. The van der Waals surface area contributed by atoms with E-state index in [4.69, 9.17) is 8.94 Å². The molecule has 0 fully saturated rings. The Morgan fingerprint density at radius 2 is 1.87 bits per heavy atom. The van der Waals surface area contributed by atoms with Crippen molar-refractivity contribution in [2.24, 2.45) is 5.41 Å². The molecule has 1 aromatic carbocycles. The van der Waals surface area contributed by atoms with Crippen LogP contribution in [0.2, 0.25) is 0 Å². The average Bonchev–Trinajstić information content (AvgIpc) is 3.50. The van der Waals surface area contributed by atoms with Crippen molar-refractivity contribution in [2.45, 2.75) is 52.2 Å². The molecule has 0 saturated carbocycles. The van der Waals surface area contributed by atoms with Crippen LogP contribution in [-0.4, -0.2) is 47.7 Å². The molecule has 1 aliphatic rings. The predicted octanol–water partition coefficient (Wildman–Crippen LogP) is 5.23. The molecule has 1 amide bonds. The van der Waals surface area contributed by atoms with Crippen molar-refractivity contribution in [3.8, 4) is 0 Å². The summed E-state index contributed by atoms with van der Waals surface area (Å²) in [5.74, 6) is 0.799. The Kier molecular flexibility index (Phi) is 7.38. The molecule has 1 aliphatic carbocycles. The molecule has 1 N–H and O–H groups in total. The fourth-order valence-corrected chi connectivity index (χ4v) is 6.39. The van der Waals surface area contributed by atoms with Gasteiger partial charge in [0.1, 0.15) is 16.8 Å². The summed E-state index contributed by atoms with van der Waals surface area (Å²) in [7, 11) is -2.60. The van der Waals surface area contributed by atoms with E-state index in [9.17, 15) is 13.2 Å². The molecule has 9 nitrogen and oxygen atoms in total. The molecule has 202 valence electrons. The number of hydrogen-bond donors (Lipinski definition) is 1. The molecular formula is C28H34N4O5S. The van der Waals surface area contributed by atoms with Crippen molar-refractivity contribution < 1.29 is 22.2 Å². The summed E-state index contributed by atoms with van der Waals surface area (Å²) in [6, 6.07) is 9.31. The van der Waals surface area contributed by atoms with Gasteiger partial charge < -0.3 is 13.8 Å². The maximum atomic E-state index is 14.5. The Morgan fingerprint density at radius 1 is 1.16 bits per heavy atom. The molecule has 4 rings (SSSR count). The standard InChI is InChI=1S/C28H34N4O5S/c1-19-20(2)37-30-25(19)31-38(34,35)28(18-32(6)24(33)17-27(3,4)5)16-22(26-29-14-15-36-26)12-13-23(28)21-10-8-7-9-11-21/h7-15H,16-18H2,1-6H3,(H,30,31). The summed E-state index contributed by atoms with van der Waals surface area (Å²) < 4.78 is 40.9. The highest BCUT2D eigenvalue weighted by molar-refractivity contribution is 7.94. The molecule has 1 unspecified atom stereocenters. The predicted molar refractivity (Wildman–Crippen MR) is 146 cm³/mol. The first-order valence-corrected chi connectivity index (χ1v) is 13.9. The number of benzene rings is 1. The molecule has 1 atom stereocenters. The normalized spacial score (nSPS) is 18.1. The van der Waals surface area contributed by atoms with Crippen LogP contribution in [0.5, 0.6) is 0 Å². The average molecular weight is 539 g/mol. The Morgan fingerprint density at radius 3 is 2.45 bits per heavy atom. The van der Waals surface area contributed by atoms with Gasteiger partial charge in [0.15, 0.2) is 5.82 Å². The summed E-state index contributed by atoms with van der Waals surface area (Å²) in [6.07, 6.45) is 6.85. The number of nitrogens with one attached hydrogen (secondary N) is 1. The Labute approximate surface area is 223 Å². The maximum absolute atomic E-state index is 14.5. The van der Waals surface area contributed by atoms with Crippen LogP contribution in [0.15, 0.2) is 63.9 Å². The second kappa shape index (κ2) is 10.2. The first-order valence-electron chi connectivity index (χ1n) is 12.4. The van der Waals surface area contributed by atoms with Crippen LogP contribution >= 0.6 is 0 Å². The first kappa shape index (κ1) is 27.4. The van der Waals surface area contributed by atoms with Crippen molar-refractivity contribution in [1.29, 1.82) is 0 Å².